The monoisotopic (exact) mass is 349 g/mol. The van der Waals surface area contributed by atoms with Crippen molar-refractivity contribution in [2.24, 2.45) is 0 Å². The van der Waals surface area contributed by atoms with Crippen LogP contribution < -0.4 is 20.3 Å². The number of nitrogens with zero attached hydrogens (tertiary/aromatic N) is 1. The van der Waals surface area contributed by atoms with Crippen LogP contribution in [0.4, 0.5) is 5.69 Å². The number of H-pyrrole nitrogens is 1. The molecule has 0 saturated carbocycles. The normalized spacial score (nSPS) is 12.0. The van der Waals surface area contributed by atoms with Gasteiger partial charge in [-0.2, -0.15) is 0 Å². The molecular formula is C19H15N3O4. The molecule has 0 radical (unpaired) electrons. The first-order valence-electron chi connectivity index (χ1n) is 7.98. The fourth-order valence-electron chi connectivity index (χ4n) is 2.70. The molecule has 7 nitrogen and oxygen atoms in total. The Balaban J connectivity index is 1.59. The van der Waals surface area contributed by atoms with Crippen molar-refractivity contribution < 1.29 is 14.3 Å². The summed E-state index contributed by atoms with van der Waals surface area (Å²) in [7, 11) is 0. The molecule has 1 aromatic heterocycles. The van der Waals surface area contributed by atoms with Gasteiger partial charge in [-0.3, -0.25) is 9.59 Å². The predicted octanol–water partition coefficient (Wildman–Crippen LogP) is 2.73. The lowest BCUT2D eigenvalue weighted by molar-refractivity contribution is 0.102. The van der Waals surface area contributed by atoms with Crippen molar-refractivity contribution in [1.29, 1.82) is 0 Å². The van der Waals surface area contributed by atoms with Crippen molar-refractivity contribution in [2.45, 2.75) is 6.92 Å². The molecule has 26 heavy (non-hydrogen) atoms. The summed E-state index contributed by atoms with van der Waals surface area (Å²) >= 11 is 0. The molecule has 4 rings (SSSR count). The summed E-state index contributed by atoms with van der Waals surface area (Å²) in [5.41, 5.74) is 2.16. The number of hydrogen-bond donors (Lipinski definition) is 2. The second-order valence-electron chi connectivity index (χ2n) is 5.84. The lowest BCUT2D eigenvalue weighted by atomic mass is 10.1. The highest BCUT2D eigenvalue weighted by Gasteiger charge is 2.16. The van der Waals surface area contributed by atoms with E-state index in [0.29, 0.717) is 39.8 Å². The van der Waals surface area contributed by atoms with Gasteiger partial charge in [-0.1, -0.05) is 12.1 Å². The van der Waals surface area contributed by atoms with Gasteiger partial charge in [0.15, 0.2) is 11.5 Å². The second-order valence-corrected chi connectivity index (χ2v) is 5.84. The van der Waals surface area contributed by atoms with Gasteiger partial charge in [0, 0.05) is 28.6 Å². The number of hydrogen-bond acceptors (Lipinski definition) is 5. The zero-order valence-corrected chi connectivity index (χ0v) is 13.9. The third-order valence-electron chi connectivity index (χ3n) is 3.90. The molecule has 2 heterocycles. The summed E-state index contributed by atoms with van der Waals surface area (Å²) in [6.45, 7) is 1.91. The topological polar surface area (TPSA) is 93.3 Å². The molecule has 0 saturated heterocycles. The number of anilines is 1. The highest BCUT2D eigenvalue weighted by atomic mass is 16.7. The van der Waals surface area contributed by atoms with Crippen molar-refractivity contribution in [1.82, 2.24) is 9.97 Å². The number of carbonyl (C=O) groups excluding carboxylic acids is 1. The Morgan fingerprint density at radius 1 is 1.12 bits per heavy atom. The highest BCUT2D eigenvalue weighted by molar-refractivity contribution is 6.04. The van der Waals surface area contributed by atoms with Gasteiger partial charge in [0.25, 0.3) is 11.5 Å². The Morgan fingerprint density at radius 2 is 1.96 bits per heavy atom. The molecule has 1 amide bonds. The quantitative estimate of drug-likeness (QED) is 0.758. The van der Waals surface area contributed by atoms with Gasteiger partial charge in [-0.15, -0.1) is 0 Å². The summed E-state index contributed by atoms with van der Waals surface area (Å²) in [6.07, 6.45) is 0. The molecule has 0 bridgehead atoms. The van der Waals surface area contributed by atoms with E-state index in [4.69, 9.17) is 9.47 Å². The number of benzene rings is 2. The van der Waals surface area contributed by atoms with Crippen LogP contribution in [0.15, 0.2) is 53.3 Å². The number of nitrogens with one attached hydrogen (secondary N) is 2. The van der Waals surface area contributed by atoms with Crippen LogP contribution in [0.5, 0.6) is 11.5 Å². The molecule has 0 unspecified atom stereocenters. The summed E-state index contributed by atoms with van der Waals surface area (Å²) in [4.78, 5) is 31.1. The first-order valence-corrected chi connectivity index (χ1v) is 7.98. The van der Waals surface area contributed by atoms with Crippen LogP contribution >= 0.6 is 0 Å². The number of carbonyl (C=O) groups is 1. The molecule has 0 spiro atoms. The van der Waals surface area contributed by atoms with Crippen LogP contribution in [-0.4, -0.2) is 22.7 Å². The third kappa shape index (κ3) is 3.14. The van der Waals surface area contributed by atoms with Crippen molar-refractivity contribution in [3.05, 3.63) is 70.1 Å². The molecule has 2 aromatic carbocycles. The van der Waals surface area contributed by atoms with E-state index >= 15 is 0 Å². The minimum atomic E-state index is -0.272. The second kappa shape index (κ2) is 6.36. The lowest BCUT2D eigenvalue weighted by Crippen LogP contribution is -2.12. The van der Waals surface area contributed by atoms with E-state index in [1.807, 2.05) is 6.07 Å². The summed E-state index contributed by atoms with van der Waals surface area (Å²) < 4.78 is 10.5. The summed E-state index contributed by atoms with van der Waals surface area (Å²) in [5, 5.41) is 2.83. The number of amides is 1. The van der Waals surface area contributed by atoms with Gasteiger partial charge in [-0.25, -0.2) is 4.98 Å². The maximum atomic E-state index is 12.5. The minimum absolute atomic E-state index is 0.157. The number of aryl methyl sites for hydroxylation is 1. The van der Waals surface area contributed by atoms with Crippen LogP contribution in [-0.2, 0) is 0 Å². The van der Waals surface area contributed by atoms with Crippen molar-refractivity contribution in [3.63, 3.8) is 0 Å². The van der Waals surface area contributed by atoms with Gasteiger partial charge in [-0.05, 0) is 37.3 Å². The Labute approximate surface area is 148 Å². The summed E-state index contributed by atoms with van der Waals surface area (Å²) in [6, 6.07) is 13.6. The molecule has 0 fully saturated rings. The van der Waals surface area contributed by atoms with Crippen molar-refractivity contribution in [3.8, 4) is 22.9 Å². The van der Waals surface area contributed by atoms with Gasteiger partial charge in [0.05, 0.1) is 0 Å². The van der Waals surface area contributed by atoms with Crippen LogP contribution in [0.2, 0.25) is 0 Å². The zero-order chi connectivity index (χ0) is 18.1. The number of aromatic amines is 1. The molecular weight excluding hydrogens is 334 g/mol. The molecule has 7 heteroatoms. The maximum absolute atomic E-state index is 12.5. The standard InChI is InChI=1S/C19H15N3O4/c1-11-7-17(23)22-18(20-11)12-3-2-4-14(8-12)21-19(24)13-5-6-15-16(9-13)26-10-25-15/h2-9H,10H2,1H3,(H,21,24)(H,20,22,23). The Morgan fingerprint density at radius 3 is 2.81 bits per heavy atom. The minimum Gasteiger partial charge on any atom is -0.454 e. The van der Waals surface area contributed by atoms with Gasteiger partial charge in [0.2, 0.25) is 6.79 Å². The van der Waals surface area contributed by atoms with Crippen molar-refractivity contribution in [2.75, 3.05) is 12.1 Å². The maximum Gasteiger partial charge on any atom is 0.255 e. The first kappa shape index (κ1) is 15.9. The zero-order valence-electron chi connectivity index (χ0n) is 13.9. The number of aromatic nitrogens is 2. The van der Waals surface area contributed by atoms with Crippen LogP contribution in [0.25, 0.3) is 11.4 Å². The number of rotatable bonds is 3. The van der Waals surface area contributed by atoms with E-state index in [9.17, 15) is 9.59 Å². The third-order valence-corrected chi connectivity index (χ3v) is 3.90. The molecule has 1 aliphatic rings. The lowest BCUT2D eigenvalue weighted by Gasteiger charge is -2.08. The molecule has 0 atom stereocenters. The highest BCUT2D eigenvalue weighted by Crippen LogP contribution is 2.32. The first-order chi connectivity index (χ1) is 12.6. The van der Waals surface area contributed by atoms with Gasteiger partial charge < -0.3 is 19.8 Å². The molecule has 1 aliphatic heterocycles. The Kier molecular flexibility index (Phi) is 3.89. The van der Waals surface area contributed by atoms with Crippen LogP contribution in [0.3, 0.4) is 0 Å². The van der Waals surface area contributed by atoms with E-state index < -0.39 is 0 Å². The molecule has 130 valence electrons. The Hall–Kier alpha value is -3.61. The fraction of sp³-hybridized carbons (Fsp3) is 0.105. The number of fused-ring (bicyclic) bond motifs is 1. The van der Waals surface area contributed by atoms with E-state index in [1.54, 1.807) is 43.3 Å². The van der Waals surface area contributed by atoms with Gasteiger partial charge >= 0.3 is 0 Å². The van der Waals surface area contributed by atoms with E-state index in [-0.39, 0.29) is 18.3 Å². The predicted molar refractivity (Wildman–Crippen MR) is 95.5 cm³/mol. The fourth-order valence-corrected chi connectivity index (χ4v) is 2.70. The van der Waals surface area contributed by atoms with Crippen LogP contribution in [0, 0.1) is 6.92 Å². The van der Waals surface area contributed by atoms with Crippen LogP contribution in [0.1, 0.15) is 16.1 Å². The van der Waals surface area contributed by atoms with Crippen molar-refractivity contribution >= 4 is 11.6 Å². The number of ether oxygens (including phenoxy) is 2. The Bertz CT molecular complexity index is 1060. The molecule has 2 N–H and O–H groups in total. The summed E-state index contributed by atoms with van der Waals surface area (Å²) in [5.74, 6) is 1.35. The van der Waals surface area contributed by atoms with E-state index in [2.05, 4.69) is 15.3 Å². The average molecular weight is 349 g/mol. The molecule has 3 aromatic rings. The molecule has 0 aliphatic carbocycles. The van der Waals surface area contributed by atoms with Gasteiger partial charge in [0.1, 0.15) is 5.82 Å². The smallest absolute Gasteiger partial charge is 0.255 e. The SMILES string of the molecule is Cc1cc(=O)[nH]c(-c2cccc(NC(=O)c3ccc4c(c3)OCO4)c2)n1. The average Bonchev–Trinajstić information content (AvgIpc) is 3.09. The van der Waals surface area contributed by atoms with E-state index in [0.717, 1.165) is 0 Å². The van der Waals surface area contributed by atoms with E-state index in [1.165, 1.54) is 6.07 Å². The largest absolute Gasteiger partial charge is 0.454 e.